The van der Waals surface area contributed by atoms with Gasteiger partial charge in [-0.05, 0) is 44.2 Å². The Morgan fingerprint density at radius 2 is 1.92 bits per heavy atom. The molecule has 0 aliphatic carbocycles. The highest BCUT2D eigenvalue weighted by molar-refractivity contribution is 5.76. The third-order valence-electron chi connectivity index (χ3n) is 4.93. The van der Waals surface area contributed by atoms with Crippen LogP contribution in [0.2, 0.25) is 0 Å². The topological polar surface area (TPSA) is 78.9 Å². The number of aryl methyl sites for hydroxylation is 1. The molecule has 2 bridgehead atoms. The number of hydrogen-bond donors (Lipinski definition) is 3. The van der Waals surface area contributed by atoms with Crippen molar-refractivity contribution >= 4 is 17.4 Å². The van der Waals surface area contributed by atoms with Crippen LogP contribution in [0.4, 0.5) is 4.39 Å². The monoisotopic (exact) mass is 334 g/mol. The lowest BCUT2D eigenvalue weighted by Gasteiger charge is -2.29. The third-order valence-corrected chi connectivity index (χ3v) is 4.93. The summed E-state index contributed by atoms with van der Waals surface area (Å²) in [5, 5.41) is 5.82. The van der Waals surface area contributed by atoms with Gasteiger partial charge in [-0.3, -0.25) is 9.36 Å². The molecule has 3 N–H and O–H groups in total. The molecule has 7 heteroatoms. The summed E-state index contributed by atoms with van der Waals surface area (Å²) in [5.41, 5.74) is 1.89. The number of rotatable bonds is 2. The van der Waals surface area contributed by atoms with Crippen molar-refractivity contribution < 1.29 is 9.18 Å². The molecule has 2 aliphatic rings. The van der Waals surface area contributed by atoms with Crippen LogP contribution in [0, 0.1) is 12.7 Å². The molecule has 3 heterocycles. The summed E-state index contributed by atoms with van der Waals surface area (Å²) in [6.07, 6.45) is 4.91. The molecule has 0 saturated carbocycles. The number of hydrogen-bond acceptors (Lipinski definition) is 3. The largest absolute Gasteiger partial charge is 0.362 e. The minimum Gasteiger partial charge on any atom is -0.362 e. The first-order valence-electron chi connectivity index (χ1n) is 8.30. The van der Waals surface area contributed by atoms with Gasteiger partial charge in [0.15, 0.2) is 0 Å². The number of carbonyl (C=O) groups excluding carboxylic acids is 1. The summed E-state index contributed by atoms with van der Waals surface area (Å²) in [4.78, 5) is 24.2. The van der Waals surface area contributed by atoms with Gasteiger partial charge in [-0.2, -0.15) is 0 Å². The standard InChI is InChI=1S/C15H18FN3O.C2H5NO/c1-8-4-13-14(7-12(8)16)19(15(20)18-13)11-5-9-2-3-10(6-11)17-9;1-3-2-4/h4,7,9-11,17H,2-3,5-6H2,1H3,(H,18,20);2H,1H3,(H,3,4). The Kier molecular flexibility index (Phi) is 4.71. The number of aromatic amines is 1. The molecule has 2 aromatic rings. The van der Waals surface area contributed by atoms with E-state index in [0.29, 0.717) is 29.6 Å². The summed E-state index contributed by atoms with van der Waals surface area (Å²) in [6, 6.07) is 4.40. The maximum absolute atomic E-state index is 13.8. The van der Waals surface area contributed by atoms with Crippen molar-refractivity contribution in [3.63, 3.8) is 0 Å². The molecule has 2 unspecified atom stereocenters. The maximum Gasteiger partial charge on any atom is 0.326 e. The number of nitrogens with zero attached hydrogens (tertiary/aromatic N) is 1. The minimum atomic E-state index is -0.248. The van der Waals surface area contributed by atoms with Crippen LogP contribution in [-0.2, 0) is 4.79 Å². The molecule has 1 aromatic heterocycles. The van der Waals surface area contributed by atoms with Crippen LogP contribution in [-0.4, -0.2) is 35.1 Å². The van der Waals surface area contributed by atoms with Gasteiger partial charge < -0.3 is 15.6 Å². The van der Waals surface area contributed by atoms with Gasteiger partial charge in [0.2, 0.25) is 6.41 Å². The molecule has 0 spiro atoms. The van der Waals surface area contributed by atoms with Gasteiger partial charge in [0.25, 0.3) is 0 Å². The molecule has 2 fully saturated rings. The Labute approximate surface area is 139 Å². The number of carbonyl (C=O) groups is 1. The van der Waals surface area contributed by atoms with Crippen LogP contribution in [0.15, 0.2) is 16.9 Å². The number of fused-ring (bicyclic) bond motifs is 3. The lowest BCUT2D eigenvalue weighted by atomic mass is 9.99. The number of benzene rings is 1. The van der Waals surface area contributed by atoms with Crippen LogP contribution >= 0.6 is 0 Å². The first-order valence-corrected chi connectivity index (χ1v) is 8.30. The highest BCUT2D eigenvalue weighted by Crippen LogP contribution is 2.34. The second kappa shape index (κ2) is 6.76. The first kappa shape index (κ1) is 16.7. The molecule has 2 aliphatic heterocycles. The third kappa shape index (κ3) is 3.08. The lowest BCUT2D eigenvalue weighted by molar-refractivity contribution is -0.109. The second-order valence-electron chi connectivity index (χ2n) is 6.59. The Morgan fingerprint density at radius 1 is 1.29 bits per heavy atom. The van der Waals surface area contributed by atoms with E-state index in [1.807, 2.05) is 0 Å². The molecule has 130 valence electrons. The van der Waals surface area contributed by atoms with E-state index < -0.39 is 0 Å². The normalized spacial score (nSPS) is 25.2. The predicted octanol–water partition coefficient (Wildman–Crippen LogP) is 1.59. The average molecular weight is 334 g/mol. The van der Waals surface area contributed by atoms with Crippen molar-refractivity contribution in [2.45, 2.75) is 50.7 Å². The molecule has 4 rings (SSSR count). The van der Waals surface area contributed by atoms with E-state index in [-0.39, 0.29) is 17.5 Å². The van der Waals surface area contributed by atoms with Crippen molar-refractivity contribution in [2.24, 2.45) is 0 Å². The van der Waals surface area contributed by atoms with E-state index in [9.17, 15) is 9.18 Å². The highest BCUT2D eigenvalue weighted by Gasteiger charge is 2.35. The number of H-pyrrole nitrogens is 1. The number of amides is 1. The van der Waals surface area contributed by atoms with Crippen molar-refractivity contribution in [2.75, 3.05) is 7.05 Å². The van der Waals surface area contributed by atoms with Crippen molar-refractivity contribution in [1.29, 1.82) is 0 Å². The predicted molar refractivity (Wildman–Crippen MR) is 90.6 cm³/mol. The molecule has 1 amide bonds. The van der Waals surface area contributed by atoms with E-state index in [1.54, 1.807) is 24.6 Å². The first-order chi connectivity index (χ1) is 11.5. The smallest absolute Gasteiger partial charge is 0.326 e. The van der Waals surface area contributed by atoms with Gasteiger partial charge >= 0.3 is 5.69 Å². The van der Waals surface area contributed by atoms with Gasteiger partial charge in [0, 0.05) is 31.2 Å². The van der Waals surface area contributed by atoms with E-state index in [2.05, 4.69) is 15.6 Å². The number of imidazole rings is 1. The van der Waals surface area contributed by atoms with Gasteiger partial charge in [-0.1, -0.05) is 0 Å². The van der Waals surface area contributed by atoms with Crippen LogP contribution in [0.3, 0.4) is 0 Å². The zero-order valence-electron chi connectivity index (χ0n) is 13.9. The van der Waals surface area contributed by atoms with Crippen molar-refractivity contribution in [3.05, 3.63) is 34.0 Å². The van der Waals surface area contributed by atoms with Crippen molar-refractivity contribution in [1.82, 2.24) is 20.2 Å². The summed E-state index contributed by atoms with van der Waals surface area (Å²) in [6.45, 7) is 1.72. The Hall–Kier alpha value is -2.15. The van der Waals surface area contributed by atoms with Crippen LogP contribution in [0.25, 0.3) is 11.0 Å². The SMILES string of the molecule is CNC=O.Cc1cc2[nH]c(=O)n(C3CC4CCC(C3)N4)c2cc1F. The van der Waals surface area contributed by atoms with Crippen molar-refractivity contribution in [3.8, 4) is 0 Å². The Balaban J connectivity index is 0.000000383. The number of piperidine rings is 1. The minimum absolute atomic E-state index is 0.115. The highest BCUT2D eigenvalue weighted by atomic mass is 19.1. The quantitative estimate of drug-likeness (QED) is 0.730. The maximum atomic E-state index is 13.8. The summed E-state index contributed by atoms with van der Waals surface area (Å²) in [7, 11) is 1.56. The summed E-state index contributed by atoms with van der Waals surface area (Å²) in [5.74, 6) is -0.248. The summed E-state index contributed by atoms with van der Waals surface area (Å²) < 4.78 is 15.6. The Bertz CT molecular complexity index is 786. The molecular weight excluding hydrogens is 311 g/mol. The second-order valence-corrected chi connectivity index (χ2v) is 6.59. The number of aromatic nitrogens is 2. The van der Waals surface area contributed by atoms with Crippen LogP contribution < -0.4 is 16.3 Å². The molecule has 0 radical (unpaired) electrons. The van der Waals surface area contributed by atoms with Gasteiger partial charge in [-0.15, -0.1) is 0 Å². The molecular formula is C17H23FN4O2. The van der Waals surface area contributed by atoms with Gasteiger partial charge in [0.1, 0.15) is 5.82 Å². The van der Waals surface area contributed by atoms with Gasteiger partial charge in [0.05, 0.1) is 11.0 Å². The lowest BCUT2D eigenvalue weighted by Crippen LogP contribution is -2.40. The number of nitrogens with one attached hydrogen (secondary N) is 3. The molecule has 2 atom stereocenters. The fourth-order valence-electron chi connectivity index (χ4n) is 3.86. The van der Waals surface area contributed by atoms with Gasteiger partial charge in [-0.25, -0.2) is 9.18 Å². The van der Waals surface area contributed by atoms with E-state index in [1.165, 1.54) is 18.9 Å². The average Bonchev–Trinajstić information content (AvgIpc) is 3.06. The zero-order valence-corrected chi connectivity index (χ0v) is 13.9. The fraction of sp³-hybridized carbons (Fsp3) is 0.529. The zero-order chi connectivity index (χ0) is 17.3. The molecule has 1 aromatic carbocycles. The fourth-order valence-corrected chi connectivity index (χ4v) is 3.86. The van der Waals surface area contributed by atoms with Crippen LogP contribution in [0.1, 0.15) is 37.3 Å². The van der Waals surface area contributed by atoms with Crippen LogP contribution in [0.5, 0.6) is 0 Å². The van der Waals surface area contributed by atoms with E-state index >= 15 is 0 Å². The van der Waals surface area contributed by atoms with E-state index in [4.69, 9.17) is 4.79 Å². The molecule has 24 heavy (non-hydrogen) atoms. The molecule has 6 nitrogen and oxygen atoms in total. The Morgan fingerprint density at radius 3 is 2.50 bits per heavy atom. The van der Waals surface area contributed by atoms with E-state index in [0.717, 1.165) is 18.4 Å². The summed E-state index contributed by atoms with van der Waals surface area (Å²) >= 11 is 0. The molecule has 2 saturated heterocycles. The number of halogens is 1.